The molecule has 0 fully saturated rings. The van der Waals surface area contributed by atoms with Crippen molar-refractivity contribution in [1.82, 2.24) is 19.5 Å². The first-order chi connectivity index (χ1) is 12.4. The van der Waals surface area contributed by atoms with Gasteiger partial charge in [0.15, 0.2) is 4.90 Å². The number of hydrogen-bond acceptors (Lipinski definition) is 6. The highest BCUT2D eigenvalue weighted by Crippen LogP contribution is 2.25. The smallest absolute Gasteiger partial charge is 0.258 e. The maximum absolute atomic E-state index is 12.6. The molecule has 0 radical (unpaired) electrons. The van der Waals surface area contributed by atoms with Crippen molar-refractivity contribution in [3.63, 3.8) is 0 Å². The summed E-state index contributed by atoms with van der Waals surface area (Å²) in [7, 11) is -4.06. The first-order valence-electron chi connectivity index (χ1n) is 7.59. The predicted molar refractivity (Wildman–Crippen MR) is 93.2 cm³/mol. The summed E-state index contributed by atoms with van der Waals surface area (Å²) >= 11 is 0. The third kappa shape index (κ3) is 3.60. The van der Waals surface area contributed by atoms with E-state index >= 15 is 0 Å². The second-order valence-electron chi connectivity index (χ2n) is 5.50. The van der Waals surface area contributed by atoms with Crippen molar-refractivity contribution < 1.29 is 13.3 Å². The molecule has 2 aromatic carbocycles. The summed E-state index contributed by atoms with van der Waals surface area (Å²) in [6.07, 6.45) is 2.97. The molecule has 0 saturated heterocycles. The fourth-order valence-electron chi connectivity index (χ4n) is 2.46. The number of rotatable bonds is 6. The normalized spacial score (nSPS) is 12.7. The fourth-order valence-corrected chi connectivity index (χ4v) is 3.86. The summed E-state index contributed by atoms with van der Waals surface area (Å²) in [4.78, 5) is 13.9. The lowest BCUT2D eigenvalue weighted by molar-refractivity contribution is -0.387. The summed E-state index contributed by atoms with van der Waals surface area (Å²) in [5.74, 6) is 0. The van der Waals surface area contributed by atoms with E-state index in [1.54, 1.807) is 42.2 Å². The number of nitrogens with one attached hydrogen (secondary N) is 1. The molecule has 0 bridgehead atoms. The average molecular weight is 373 g/mol. The summed E-state index contributed by atoms with van der Waals surface area (Å²) in [5.41, 5.74) is 1.02. The third-order valence-electron chi connectivity index (χ3n) is 3.76. The molecule has 0 saturated carbocycles. The number of sulfonamides is 1. The number of benzene rings is 2. The lowest BCUT2D eigenvalue weighted by Crippen LogP contribution is -2.27. The van der Waals surface area contributed by atoms with Gasteiger partial charge in [-0.05, 0) is 30.7 Å². The lowest BCUT2D eigenvalue weighted by atomic mass is 10.1. The van der Waals surface area contributed by atoms with Gasteiger partial charge in [0.05, 0.1) is 10.6 Å². The minimum Gasteiger partial charge on any atom is -0.258 e. The Labute approximate surface area is 149 Å². The van der Waals surface area contributed by atoms with Gasteiger partial charge in [-0.2, -0.15) is 5.10 Å². The molecule has 9 nitrogen and oxygen atoms in total. The van der Waals surface area contributed by atoms with Crippen molar-refractivity contribution >= 4 is 15.7 Å². The van der Waals surface area contributed by atoms with Crippen LogP contribution in [0.1, 0.15) is 18.5 Å². The molecule has 1 heterocycles. The Bertz CT molecular complexity index is 1020. The maximum Gasteiger partial charge on any atom is 0.289 e. The van der Waals surface area contributed by atoms with Crippen LogP contribution in [0.15, 0.2) is 66.1 Å². The third-order valence-corrected chi connectivity index (χ3v) is 5.35. The first kappa shape index (κ1) is 17.7. The standard InChI is InChI=1S/C16H15N5O4S/c1-12(13-6-8-14(9-7-13)20-11-17-10-18-20)19-26(24,25)16-5-3-2-4-15(16)21(22)23/h2-12,19H,1H3. The van der Waals surface area contributed by atoms with E-state index in [4.69, 9.17) is 0 Å². The molecule has 3 rings (SSSR count). The SMILES string of the molecule is CC(NS(=O)(=O)c1ccccc1[N+](=O)[O-])c1ccc(-n2cncn2)cc1. The number of para-hydroxylation sites is 1. The second kappa shape index (κ2) is 7.02. The second-order valence-corrected chi connectivity index (χ2v) is 7.18. The number of aromatic nitrogens is 3. The Hall–Kier alpha value is -3.11. The van der Waals surface area contributed by atoms with Crippen LogP contribution in [0.5, 0.6) is 0 Å². The minimum absolute atomic E-state index is 0.365. The van der Waals surface area contributed by atoms with Gasteiger partial charge in [0.1, 0.15) is 12.7 Å². The molecule has 1 atom stereocenters. The maximum atomic E-state index is 12.6. The summed E-state index contributed by atoms with van der Waals surface area (Å²) < 4.78 is 29.2. The lowest BCUT2D eigenvalue weighted by Gasteiger charge is -2.15. The zero-order chi connectivity index (χ0) is 18.7. The summed E-state index contributed by atoms with van der Waals surface area (Å²) in [6.45, 7) is 1.66. The Kier molecular flexibility index (Phi) is 4.78. The number of hydrogen-bond donors (Lipinski definition) is 1. The van der Waals surface area contributed by atoms with E-state index in [1.807, 2.05) is 0 Å². The molecule has 0 spiro atoms. The van der Waals surface area contributed by atoms with E-state index in [0.29, 0.717) is 5.56 Å². The highest BCUT2D eigenvalue weighted by atomic mass is 32.2. The first-order valence-corrected chi connectivity index (χ1v) is 9.07. The van der Waals surface area contributed by atoms with Gasteiger partial charge in [-0.15, -0.1) is 0 Å². The fraction of sp³-hybridized carbons (Fsp3) is 0.125. The van der Waals surface area contributed by atoms with Crippen LogP contribution < -0.4 is 4.72 Å². The molecule has 0 amide bonds. The van der Waals surface area contributed by atoms with Crippen LogP contribution in [0.3, 0.4) is 0 Å². The van der Waals surface area contributed by atoms with Crippen molar-refractivity contribution in [3.8, 4) is 5.69 Å². The summed E-state index contributed by atoms with van der Waals surface area (Å²) in [5, 5.41) is 15.1. The van der Waals surface area contributed by atoms with Crippen LogP contribution >= 0.6 is 0 Å². The largest absolute Gasteiger partial charge is 0.289 e. The molecule has 0 aliphatic heterocycles. The predicted octanol–water partition coefficient (Wildman–Crippen LogP) is 2.21. The van der Waals surface area contributed by atoms with Crippen LogP contribution in [0.25, 0.3) is 5.69 Å². The van der Waals surface area contributed by atoms with E-state index in [9.17, 15) is 18.5 Å². The van der Waals surface area contributed by atoms with E-state index < -0.39 is 26.7 Å². The van der Waals surface area contributed by atoms with E-state index in [0.717, 1.165) is 11.8 Å². The highest BCUT2D eigenvalue weighted by Gasteiger charge is 2.26. The number of nitro benzene ring substituents is 1. The zero-order valence-corrected chi connectivity index (χ0v) is 14.5. The van der Waals surface area contributed by atoms with Gasteiger partial charge >= 0.3 is 0 Å². The monoisotopic (exact) mass is 373 g/mol. The quantitative estimate of drug-likeness (QED) is 0.522. The van der Waals surface area contributed by atoms with Gasteiger partial charge < -0.3 is 0 Å². The van der Waals surface area contributed by atoms with Gasteiger partial charge in [-0.1, -0.05) is 24.3 Å². The molecule has 134 valence electrons. The number of nitro groups is 1. The molecule has 1 aromatic heterocycles. The average Bonchev–Trinajstić information content (AvgIpc) is 3.16. The van der Waals surface area contributed by atoms with Crippen molar-refractivity contribution in [2.45, 2.75) is 17.9 Å². The summed E-state index contributed by atoms with van der Waals surface area (Å²) in [6, 6.07) is 11.7. The Morgan fingerprint density at radius 1 is 1.15 bits per heavy atom. The molecule has 10 heteroatoms. The van der Waals surface area contributed by atoms with Crippen molar-refractivity contribution in [2.75, 3.05) is 0 Å². The van der Waals surface area contributed by atoms with E-state index in [-0.39, 0.29) is 4.90 Å². The topological polar surface area (TPSA) is 120 Å². The minimum atomic E-state index is -4.06. The molecule has 1 N–H and O–H groups in total. The van der Waals surface area contributed by atoms with Gasteiger partial charge in [0, 0.05) is 12.1 Å². The van der Waals surface area contributed by atoms with Crippen LogP contribution in [0, 0.1) is 10.1 Å². The van der Waals surface area contributed by atoms with Crippen molar-refractivity contribution in [1.29, 1.82) is 0 Å². The molecule has 26 heavy (non-hydrogen) atoms. The van der Waals surface area contributed by atoms with E-state index in [2.05, 4.69) is 14.8 Å². The number of nitrogens with zero attached hydrogens (tertiary/aromatic N) is 4. The zero-order valence-electron chi connectivity index (χ0n) is 13.7. The molecule has 1 unspecified atom stereocenters. The molecular formula is C16H15N5O4S. The van der Waals surface area contributed by atoms with Crippen LogP contribution in [0.2, 0.25) is 0 Å². The van der Waals surface area contributed by atoms with Crippen molar-refractivity contribution in [2.24, 2.45) is 0 Å². The molecule has 0 aliphatic carbocycles. The molecule has 3 aromatic rings. The Balaban J connectivity index is 1.83. The van der Waals surface area contributed by atoms with Crippen LogP contribution in [0.4, 0.5) is 5.69 Å². The van der Waals surface area contributed by atoms with Gasteiger partial charge in [0.2, 0.25) is 10.0 Å². The Morgan fingerprint density at radius 2 is 1.85 bits per heavy atom. The van der Waals surface area contributed by atoms with E-state index in [1.165, 1.54) is 24.5 Å². The van der Waals surface area contributed by atoms with Crippen molar-refractivity contribution in [3.05, 3.63) is 76.9 Å². The Morgan fingerprint density at radius 3 is 2.46 bits per heavy atom. The van der Waals surface area contributed by atoms with Gasteiger partial charge in [-0.25, -0.2) is 22.8 Å². The van der Waals surface area contributed by atoms with Gasteiger partial charge in [0.25, 0.3) is 5.69 Å². The van der Waals surface area contributed by atoms with Crippen LogP contribution in [-0.4, -0.2) is 28.1 Å². The van der Waals surface area contributed by atoms with Crippen LogP contribution in [-0.2, 0) is 10.0 Å². The highest BCUT2D eigenvalue weighted by molar-refractivity contribution is 7.89. The van der Waals surface area contributed by atoms with Gasteiger partial charge in [-0.3, -0.25) is 10.1 Å². The molecule has 0 aliphatic rings. The molecular weight excluding hydrogens is 358 g/mol.